The molecular weight excluding hydrogens is 1030 g/mol. The quantitative estimate of drug-likeness (QED) is 0.0597. The lowest BCUT2D eigenvalue weighted by molar-refractivity contribution is 0.101. The fourth-order valence-corrected chi connectivity index (χ4v) is 14.9. The van der Waals surface area contributed by atoms with Crippen molar-refractivity contribution in [1.82, 2.24) is 30.8 Å². The topological polar surface area (TPSA) is 242 Å². The summed E-state index contributed by atoms with van der Waals surface area (Å²) >= 11 is 3.07. The van der Waals surface area contributed by atoms with E-state index in [-0.39, 0.29) is 47.1 Å². The molecule has 3 aliphatic carbocycles. The van der Waals surface area contributed by atoms with Crippen molar-refractivity contribution in [2.24, 2.45) is 4.36 Å². The number of sulfone groups is 1. The van der Waals surface area contributed by atoms with Crippen molar-refractivity contribution in [1.29, 1.82) is 0 Å². The van der Waals surface area contributed by atoms with Crippen molar-refractivity contribution in [2.75, 3.05) is 16.9 Å². The average molecular weight is 1100 g/mol. The van der Waals surface area contributed by atoms with Gasteiger partial charge in [0.25, 0.3) is 0 Å². The number of benzene rings is 2. The van der Waals surface area contributed by atoms with Crippen molar-refractivity contribution >= 4 is 77.7 Å². The van der Waals surface area contributed by atoms with Crippen molar-refractivity contribution in [3.63, 3.8) is 0 Å². The second-order valence-electron chi connectivity index (χ2n) is 20.7. The largest absolute Gasteiger partial charge is 0.447 e. The lowest BCUT2D eigenvalue weighted by Gasteiger charge is -2.28. The van der Waals surface area contributed by atoms with E-state index >= 15 is 0 Å². The van der Waals surface area contributed by atoms with E-state index in [1.54, 1.807) is 88.0 Å². The van der Waals surface area contributed by atoms with Crippen molar-refractivity contribution in [3.8, 4) is 20.9 Å². The van der Waals surface area contributed by atoms with Gasteiger partial charge in [-0.05, 0) is 149 Å². The van der Waals surface area contributed by atoms with Crippen LogP contribution < -0.4 is 21.3 Å². The lowest BCUT2D eigenvalue weighted by Crippen LogP contribution is -2.39. The minimum Gasteiger partial charge on any atom is -0.447 e. The summed E-state index contributed by atoms with van der Waals surface area (Å²) in [7, 11) is -6.51. The molecule has 18 nitrogen and oxygen atoms in total. The van der Waals surface area contributed by atoms with Gasteiger partial charge in [-0.15, -0.1) is 27.8 Å². The van der Waals surface area contributed by atoms with Crippen LogP contribution in [0.2, 0.25) is 0 Å². The normalized spacial score (nSPS) is 20.2. The third kappa shape index (κ3) is 14.8. The average Bonchev–Trinajstić information content (AvgIpc) is 3.77. The van der Waals surface area contributed by atoms with Gasteiger partial charge in [0.15, 0.2) is 15.7 Å². The molecule has 3 fully saturated rings. The molecule has 3 aliphatic rings. The lowest BCUT2D eigenvalue weighted by atomic mass is 9.86. The molecule has 3 heterocycles. The smallest absolute Gasteiger partial charge is 0.411 e. The Balaban J connectivity index is 0.839. The number of ether oxygens (including phenoxy) is 3. The van der Waals surface area contributed by atoms with Crippen LogP contribution in [0.5, 0.6) is 0 Å². The van der Waals surface area contributed by atoms with Gasteiger partial charge in [-0.3, -0.25) is 5.32 Å². The number of amides is 3. The van der Waals surface area contributed by atoms with E-state index in [1.807, 2.05) is 39.1 Å². The van der Waals surface area contributed by atoms with Gasteiger partial charge < -0.3 is 30.2 Å². The van der Waals surface area contributed by atoms with Crippen LogP contribution in [0.15, 0.2) is 75.2 Å². The maximum absolute atomic E-state index is 14.1. The molecule has 3 aromatic heterocycles. The van der Waals surface area contributed by atoms with Crippen LogP contribution in [-0.4, -0.2) is 99.0 Å². The summed E-state index contributed by atoms with van der Waals surface area (Å²) in [5.74, 6) is 0.810. The summed E-state index contributed by atoms with van der Waals surface area (Å²) in [5, 5.41) is 21.7. The molecule has 4 N–H and O–H groups in total. The van der Waals surface area contributed by atoms with E-state index in [0.717, 1.165) is 95.1 Å². The highest BCUT2D eigenvalue weighted by atomic mass is 32.2. The molecule has 0 bridgehead atoms. The number of rotatable bonds is 18. The molecular formula is C53H69N9O9S4. The Bertz CT molecular complexity index is 3080. The molecule has 75 heavy (non-hydrogen) atoms. The summed E-state index contributed by atoms with van der Waals surface area (Å²) < 4.78 is 62.8. The number of thiazole rings is 2. The first-order valence-corrected chi connectivity index (χ1v) is 30.9. The van der Waals surface area contributed by atoms with Gasteiger partial charge in [0.2, 0.25) is 0 Å². The van der Waals surface area contributed by atoms with Crippen LogP contribution in [-0.2, 0) is 40.2 Å². The second-order valence-corrected chi connectivity index (χ2v) is 27.5. The number of hydrogen-bond donors (Lipinski definition) is 4. The Hall–Kier alpha value is -5.71. The van der Waals surface area contributed by atoms with Crippen LogP contribution in [0.25, 0.3) is 20.9 Å². The standard InChI is InChI=1S/C53H69N9O9S4/c1-30(2)69-51(63)58-37-13-9-36(10-14-37)50-55-29-45(73-50)43-22-19-40(26-47(43)75(67,68)32(5)6)57-48-24-34(27-56-61-48)23-33(7)71-53(65)59-38-15-11-35(12-16-38)49-54-28-44(72-49)42-21-20-41(60-52(64)70-31(3)4)25-46(42)74(8,66)62-39-17-18-39/h19-22,24-33,35-39H,9-18,23H2,1-8H3,(H,57,61)(H,58,63)(H,59,65)(H,60,64)/t33?,35-,36?,37?,38-,74?. The van der Waals surface area contributed by atoms with Crippen LogP contribution in [0.4, 0.5) is 31.6 Å². The molecule has 2 atom stereocenters. The van der Waals surface area contributed by atoms with Gasteiger partial charge in [0.1, 0.15) is 6.10 Å². The zero-order valence-electron chi connectivity index (χ0n) is 43.8. The number of anilines is 3. The summed E-state index contributed by atoms with van der Waals surface area (Å²) in [6, 6.07) is 12.5. The fourth-order valence-electron chi connectivity index (χ4n) is 9.36. The molecule has 0 saturated heterocycles. The highest BCUT2D eigenvalue weighted by molar-refractivity contribution is 7.93. The first kappa shape index (κ1) is 55.5. The summed E-state index contributed by atoms with van der Waals surface area (Å²) in [5.41, 5.74) is 3.12. The predicted molar refractivity (Wildman–Crippen MR) is 293 cm³/mol. The predicted octanol–water partition coefficient (Wildman–Crippen LogP) is 11.8. The molecule has 8 rings (SSSR count). The maximum atomic E-state index is 14.1. The first-order chi connectivity index (χ1) is 35.7. The number of hydrogen-bond acceptors (Lipinski definition) is 17. The molecule has 3 amide bonds. The third-order valence-electron chi connectivity index (χ3n) is 13.3. The van der Waals surface area contributed by atoms with Crippen molar-refractivity contribution in [3.05, 3.63) is 76.6 Å². The van der Waals surface area contributed by atoms with E-state index < -0.39 is 49.2 Å². The highest BCUT2D eigenvalue weighted by Gasteiger charge is 2.31. The van der Waals surface area contributed by atoms with Crippen LogP contribution in [0.1, 0.15) is 140 Å². The first-order valence-electron chi connectivity index (χ1n) is 25.8. The van der Waals surface area contributed by atoms with E-state index in [0.29, 0.717) is 34.1 Å². The van der Waals surface area contributed by atoms with Gasteiger partial charge in [0.05, 0.1) is 69.0 Å². The maximum Gasteiger partial charge on any atom is 0.411 e. The number of carbonyl (C=O) groups excluding carboxylic acids is 3. The van der Waals surface area contributed by atoms with Gasteiger partial charge in [0, 0.05) is 71.5 Å². The zero-order chi connectivity index (χ0) is 53.6. The van der Waals surface area contributed by atoms with Crippen LogP contribution >= 0.6 is 22.7 Å². The Morgan fingerprint density at radius 3 is 1.72 bits per heavy atom. The number of nitrogens with zero attached hydrogens (tertiary/aromatic N) is 5. The van der Waals surface area contributed by atoms with Gasteiger partial charge >= 0.3 is 18.3 Å². The number of alkyl carbamates (subject to hydrolysis) is 2. The number of nitrogens with one attached hydrogen (secondary N) is 4. The molecule has 404 valence electrons. The summed E-state index contributed by atoms with van der Waals surface area (Å²) in [4.78, 5) is 49.7. The Morgan fingerprint density at radius 2 is 1.17 bits per heavy atom. The Labute approximate surface area is 448 Å². The number of aromatic nitrogens is 4. The van der Waals surface area contributed by atoms with E-state index in [9.17, 15) is 27.0 Å². The molecule has 2 aromatic carbocycles. The van der Waals surface area contributed by atoms with Crippen molar-refractivity contribution in [2.45, 2.75) is 182 Å². The second kappa shape index (κ2) is 24.1. The minimum absolute atomic E-state index is 0.0431. The number of carbonyl (C=O) groups is 3. The van der Waals surface area contributed by atoms with Gasteiger partial charge in [-0.1, -0.05) is 12.1 Å². The summed E-state index contributed by atoms with van der Waals surface area (Å²) in [6.45, 7) is 12.3. The molecule has 5 aromatic rings. The van der Waals surface area contributed by atoms with Gasteiger partial charge in [-0.2, -0.15) is 5.10 Å². The van der Waals surface area contributed by atoms with E-state index in [2.05, 4.69) is 35.8 Å². The van der Waals surface area contributed by atoms with E-state index in [4.69, 9.17) is 24.2 Å². The van der Waals surface area contributed by atoms with Crippen LogP contribution in [0, 0.1) is 0 Å². The van der Waals surface area contributed by atoms with Gasteiger partial charge in [-0.25, -0.2) is 41.3 Å². The zero-order valence-corrected chi connectivity index (χ0v) is 47.1. The Morgan fingerprint density at radius 1 is 0.653 bits per heavy atom. The molecule has 0 aliphatic heterocycles. The van der Waals surface area contributed by atoms with E-state index in [1.165, 1.54) is 11.3 Å². The molecule has 0 spiro atoms. The monoisotopic (exact) mass is 1100 g/mol. The SMILES string of the molecule is CC(C)OC(=O)Nc1ccc(-c2cnc([C@H]3CC[C@H](NC(=O)OC(C)Cc4cnnc(Nc5ccc(-c6cnc(C7CCC(NC(=O)OC(C)C)CC7)s6)c(S(=O)(=O)C(C)C)c5)c4)CC3)s2)c(S(C)(=O)=NC2CC2)c1. The molecule has 0 radical (unpaired) electrons. The third-order valence-corrected chi connectivity index (χ3v) is 19.7. The highest BCUT2D eigenvalue weighted by Crippen LogP contribution is 2.43. The molecule has 2 unspecified atom stereocenters. The van der Waals surface area contributed by atoms with Crippen molar-refractivity contribution < 1.29 is 41.2 Å². The fraction of sp³-hybridized carbons (Fsp3) is 0.528. The molecule has 22 heteroatoms. The Kier molecular flexibility index (Phi) is 17.8. The molecule has 3 saturated carbocycles. The minimum atomic E-state index is -3.73. The van der Waals surface area contributed by atoms with Crippen LogP contribution in [0.3, 0.4) is 0 Å². The summed E-state index contributed by atoms with van der Waals surface area (Å²) in [6.07, 6.45) is 13.0.